The van der Waals surface area contributed by atoms with Crippen LogP contribution in [0.15, 0.2) is 30.3 Å². The van der Waals surface area contributed by atoms with Crippen molar-refractivity contribution in [1.82, 2.24) is 9.97 Å². The highest BCUT2D eigenvalue weighted by atomic mass is 16.5. The van der Waals surface area contributed by atoms with E-state index in [2.05, 4.69) is 17.2 Å². The molecule has 2 aromatic rings. The number of nitrogens with one attached hydrogen (secondary N) is 1. The molecular formula is C17H21N3O. The highest BCUT2D eigenvalue weighted by Gasteiger charge is 2.27. The molecule has 0 saturated heterocycles. The third kappa shape index (κ3) is 3.32. The fourth-order valence-electron chi connectivity index (χ4n) is 2.24. The Balaban J connectivity index is 1.93. The number of ether oxygens (including phenoxy) is 1. The van der Waals surface area contributed by atoms with Crippen LogP contribution in [0.3, 0.4) is 0 Å². The van der Waals surface area contributed by atoms with Gasteiger partial charge in [0.25, 0.3) is 0 Å². The Morgan fingerprint density at radius 1 is 1.19 bits per heavy atom. The molecule has 1 saturated carbocycles. The fourth-order valence-corrected chi connectivity index (χ4v) is 2.24. The molecule has 21 heavy (non-hydrogen) atoms. The molecule has 0 radical (unpaired) electrons. The second-order valence-electron chi connectivity index (χ2n) is 5.43. The van der Waals surface area contributed by atoms with Gasteiger partial charge in [-0.2, -0.15) is 0 Å². The minimum Gasteiger partial charge on any atom is -0.497 e. The van der Waals surface area contributed by atoms with Crippen LogP contribution in [0.4, 0.5) is 5.82 Å². The van der Waals surface area contributed by atoms with Gasteiger partial charge in [-0.05, 0) is 43.5 Å². The summed E-state index contributed by atoms with van der Waals surface area (Å²) in [7, 11) is 1.68. The van der Waals surface area contributed by atoms with Gasteiger partial charge in [0, 0.05) is 24.1 Å². The molecule has 0 bridgehead atoms. The molecule has 3 rings (SSSR count). The number of hydrogen-bond acceptors (Lipinski definition) is 4. The van der Waals surface area contributed by atoms with Crippen molar-refractivity contribution in [3.05, 3.63) is 36.2 Å². The van der Waals surface area contributed by atoms with Gasteiger partial charge in [-0.25, -0.2) is 9.97 Å². The van der Waals surface area contributed by atoms with Gasteiger partial charge in [0.05, 0.1) is 12.8 Å². The van der Waals surface area contributed by atoms with Crippen molar-refractivity contribution >= 4 is 5.82 Å². The van der Waals surface area contributed by atoms with E-state index in [1.54, 1.807) is 7.11 Å². The molecule has 4 nitrogen and oxygen atoms in total. The van der Waals surface area contributed by atoms with Gasteiger partial charge in [-0.1, -0.05) is 6.92 Å². The minimum atomic E-state index is 0.547. The van der Waals surface area contributed by atoms with Crippen molar-refractivity contribution in [2.24, 2.45) is 0 Å². The average Bonchev–Trinajstić information content (AvgIpc) is 3.37. The number of nitrogens with zero attached hydrogens (tertiary/aromatic N) is 2. The molecule has 1 aromatic carbocycles. The van der Waals surface area contributed by atoms with Crippen LogP contribution in [0.25, 0.3) is 11.3 Å². The van der Waals surface area contributed by atoms with Crippen molar-refractivity contribution < 1.29 is 4.74 Å². The van der Waals surface area contributed by atoms with Crippen molar-refractivity contribution in [3.63, 3.8) is 0 Å². The Morgan fingerprint density at radius 3 is 2.57 bits per heavy atom. The molecule has 0 amide bonds. The minimum absolute atomic E-state index is 0.547. The van der Waals surface area contributed by atoms with E-state index in [0.29, 0.717) is 5.92 Å². The smallest absolute Gasteiger partial charge is 0.134 e. The van der Waals surface area contributed by atoms with Crippen LogP contribution in [-0.2, 0) is 0 Å². The maximum Gasteiger partial charge on any atom is 0.134 e. The van der Waals surface area contributed by atoms with Crippen LogP contribution in [0.1, 0.15) is 37.9 Å². The summed E-state index contributed by atoms with van der Waals surface area (Å²) in [5.41, 5.74) is 2.08. The Morgan fingerprint density at radius 2 is 1.95 bits per heavy atom. The van der Waals surface area contributed by atoms with Gasteiger partial charge >= 0.3 is 0 Å². The zero-order chi connectivity index (χ0) is 14.7. The lowest BCUT2D eigenvalue weighted by Gasteiger charge is -2.10. The molecule has 4 heteroatoms. The molecule has 1 aromatic heterocycles. The maximum atomic E-state index is 5.21. The van der Waals surface area contributed by atoms with E-state index in [0.717, 1.165) is 41.6 Å². The first-order chi connectivity index (χ1) is 10.3. The lowest BCUT2D eigenvalue weighted by atomic mass is 10.1. The first-order valence-electron chi connectivity index (χ1n) is 7.57. The summed E-state index contributed by atoms with van der Waals surface area (Å²) >= 11 is 0. The van der Waals surface area contributed by atoms with Gasteiger partial charge in [-0.15, -0.1) is 0 Å². The topological polar surface area (TPSA) is 47.0 Å². The van der Waals surface area contributed by atoms with Crippen LogP contribution in [0.5, 0.6) is 5.75 Å². The zero-order valence-electron chi connectivity index (χ0n) is 12.6. The van der Waals surface area contributed by atoms with Gasteiger partial charge in [0.2, 0.25) is 0 Å². The summed E-state index contributed by atoms with van der Waals surface area (Å²) in [6, 6.07) is 10.0. The van der Waals surface area contributed by atoms with E-state index in [9.17, 15) is 0 Å². The molecular weight excluding hydrogens is 262 g/mol. The van der Waals surface area contributed by atoms with Crippen molar-refractivity contribution in [2.75, 3.05) is 19.0 Å². The third-order valence-corrected chi connectivity index (χ3v) is 3.63. The normalized spacial score (nSPS) is 14.0. The Bertz CT molecular complexity index is 606. The maximum absolute atomic E-state index is 5.21. The number of hydrogen-bond donors (Lipinski definition) is 1. The Kier molecular flexibility index (Phi) is 4.04. The standard InChI is InChI=1S/C17H21N3O/c1-3-10-18-16-11-15(19-17(20-16)13-4-5-13)12-6-8-14(21-2)9-7-12/h6-9,11,13H,3-5,10H2,1-2H3,(H,18,19,20). The average molecular weight is 283 g/mol. The van der Waals surface area contributed by atoms with Crippen molar-refractivity contribution in [2.45, 2.75) is 32.1 Å². The second-order valence-corrected chi connectivity index (χ2v) is 5.43. The van der Waals surface area contributed by atoms with Gasteiger partial charge in [0.15, 0.2) is 0 Å². The number of anilines is 1. The van der Waals surface area contributed by atoms with Crippen LogP contribution in [-0.4, -0.2) is 23.6 Å². The number of benzene rings is 1. The highest BCUT2D eigenvalue weighted by molar-refractivity contribution is 5.63. The van der Waals surface area contributed by atoms with E-state index < -0.39 is 0 Å². The summed E-state index contributed by atoms with van der Waals surface area (Å²) in [5.74, 6) is 3.31. The third-order valence-electron chi connectivity index (χ3n) is 3.63. The fraction of sp³-hybridized carbons (Fsp3) is 0.412. The molecule has 0 unspecified atom stereocenters. The van der Waals surface area contributed by atoms with Crippen LogP contribution < -0.4 is 10.1 Å². The number of rotatable bonds is 6. The molecule has 1 aliphatic carbocycles. The lowest BCUT2D eigenvalue weighted by molar-refractivity contribution is 0.415. The quantitative estimate of drug-likeness (QED) is 0.874. The molecule has 1 aliphatic rings. The summed E-state index contributed by atoms with van der Waals surface area (Å²) in [6.45, 7) is 3.09. The van der Waals surface area contributed by atoms with Gasteiger partial charge in [-0.3, -0.25) is 0 Å². The number of methoxy groups -OCH3 is 1. The van der Waals surface area contributed by atoms with Crippen LogP contribution in [0, 0.1) is 0 Å². The van der Waals surface area contributed by atoms with E-state index in [4.69, 9.17) is 9.72 Å². The second kappa shape index (κ2) is 6.12. The molecule has 0 atom stereocenters. The highest BCUT2D eigenvalue weighted by Crippen LogP contribution is 2.39. The first kappa shape index (κ1) is 13.9. The summed E-state index contributed by atoms with van der Waals surface area (Å²) in [6.07, 6.45) is 3.50. The van der Waals surface area contributed by atoms with E-state index in [-0.39, 0.29) is 0 Å². The van der Waals surface area contributed by atoms with Crippen LogP contribution >= 0.6 is 0 Å². The Labute approximate surface area is 125 Å². The molecule has 1 fully saturated rings. The summed E-state index contributed by atoms with van der Waals surface area (Å²) < 4.78 is 5.21. The predicted molar refractivity (Wildman–Crippen MR) is 84.8 cm³/mol. The van der Waals surface area contributed by atoms with E-state index in [1.807, 2.05) is 30.3 Å². The predicted octanol–water partition coefficient (Wildman–Crippen LogP) is 3.85. The lowest BCUT2D eigenvalue weighted by Crippen LogP contribution is -2.05. The molecule has 0 aliphatic heterocycles. The summed E-state index contributed by atoms with van der Waals surface area (Å²) in [5, 5.41) is 3.37. The Hall–Kier alpha value is -2.10. The largest absolute Gasteiger partial charge is 0.497 e. The van der Waals surface area contributed by atoms with Gasteiger partial charge in [0.1, 0.15) is 17.4 Å². The first-order valence-corrected chi connectivity index (χ1v) is 7.57. The molecule has 1 heterocycles. The van der Waals surface area contributed by atoms with Crippen molar-refractivity contribution in [1.29, 1.82) is 0 Å². The summed E-state index contributed by atoms with van der Waals surface area (Å²) in [4.78, 5) is 9.38. The van der Waals surface area contributed by atoms with Gasteiger partial charge < -0.3 is 10.1 Å². The SMILES string of the molecule is CCCNc1cc(-c2ccc(OC)cc2)nc(C2CC2)n1. The zero-order valence-corrected chi connectivity index (χ0v) is 12.6. The molecule has 1 N–H and O–H groups in total. The van der Waals surface area contributed by atoms with Crippen molar-refractivity contribution in [3.8, 4) is 17.0 Å². The van der Waals surface area contributed by atoms with Crippen LogP contribution in [0.2, 0.25) is 0 Å². The van der Waals surface area contributed by atoms with E-state index >= 15 is 0 Å². The monoisotopic (exact) mass is 283 g/mol. The van der Waals surface area contributed by atoms with E-state index in [1.165, 1.54) is 12.8 Å². The molecule has 0 spiro atoms. The number of aromatic nitrogens is 2. The molecule has 110 valence electrons.